The summed E-state index contributed by atoms with van der Waals surface area (Å²) in [5.41, 5.74) is 10.4. The number of nitrogens with two attached hydrogens (primary N) is 1. The normalized spacial score (nSPS) is 14.3. The Morgan fingerprint density at radius 3 is 2.50 bits per heavy atom. The van der Waals surface area contributed by atoms with Crippen LogP contribution in [-0.2, 0) is 7.05 Å². The SMILES string of the molecule is Br.Cn1c(-c2ccc(C=NN=C(N)N3CCCC3)cc2)c[n+]2ccccc12.[Br-]. The highest BCUT2D eigenvalue weighted by atomic mass is 79.9. The van der Waals surface area contributed by atoms with Crippen molar-refractivity contribution in [3.8, 4) is 11.3 Å². The van der Waals surface area contributed by atoms with E-state index in [-0.39, 0.29) is 34.0 Å². The van der Waals surface area contributed by atoms with E-state index in [1.54, 1.807) is 6.21 Å². The lowest BCUT2D eigenvalue weighted by atomic mass is 10.1. The van der Waals surface area contributed by atoms with Gasteiger partial charge in [0.2, 0.25) is 5.96 Å². The summed E-state index contributed by atoms with van der Waals surface area (Å²) in [6.45, 7) is 1.95. The van der Waals surface area contributed by atoms with E-state index in [9.17, 15) is 0 Å². The first-order chi connectivity index (χ1) is 12.7. The second-order valence-corrected chi connectivity index (χ2v) is 6.56. The fourth-order valence-electron chi connectivity index (χ4n) is 3.35. The number of aromatic nitrogens is 2. The molecule has 1 aliphatic heterocycles. The molecule has 2 N–H and O–H groups in total. The van der Waals surface area contributed by atoms with Gasteiger partial charge in [-0.3, -0.25) is 0 Å². The fraction of sp³-hybridized carbons (Fsp3) is 0.250. The van der Waals surface area contributed by atoms with Crippen LogP contribution in [-0.4, -0.2) is 34.7 Å². The Morgan fingerprint density at radius 2 is 1.82 bits per heavy atom. The van der Waals surface area contributed by atoms with Gasteiger partial charge in [-0.05, 0) is 36.6 Å². The maximum absolute atomic E-state index is 5.95. The summed E-state index contributed by atoms with van der Waals surface area (Å²) in [5.74, 6) is 0.503. The summed E-state index contributed by atoms with van der Waals surface area (Å²) in [6, 6.07) is 14.5. The lowest BCUT2D eigenvalue weighted by Crippen LogP contribution is -3.00. The summed E-state index contributed by atoms with van der Waals surface area (Å²) < 4.78 is 4.31. The number of fused-ring (bicyclic) bond motifs is 1. The van der Waals surface area contributed by atoms with Crippen LogP contribution in [0.4, 0.5) is 0 Å². The van der Waals surface area contributed by atoms with Crippen molar-refractivity contribution in [1.29, 1.82) is 0 Å². The first kappa shape index (κ1) is 22.1. The molecule has 28 heavy (non-hydrogen) atoms. The number of imidazole rings is 1. The monoisotopic (exact) mass is 506 g/mol. The van der Waals surface area contributed by atoms with Crippen molar-refractivity contribution in [2.75, 3.05) is 13.1 Å². The van der Waals surface area contributed by atoms with Crippen LogP contribution in [0, 0.1) is 0 Å². The lowest BCUT2D eigenvalue weighted by molar-refractivity contribution is -0.510. The van der Waals surface area contributed by atoms with E-state index in [1.807, 2.05) is 24.3 Å². The average molecular weight is 508 g/mol. The molecule has 8 heteroatoms. The average Bonchev–Trinajstić information content (AvgIpc) is 3.31. The van der Waals surface area contributed by atoms with E-state index in [2.05, 4.69) is 61.7 Å². The standard InChI is InChI=1S/C20H23N6.2BrH/c1-24-18(15-26-13-3-2-6-19(24)26)17-9-7-16(8-10-17)14-22-23-20(21)25-11-4-5-12-25;;/h2-3,6-10,13-15H,4-5,11-12H2,1H3,(H2,21,23);2*1H/q+1;;/p-1. The molecule has 6 nitrogen and oxygen atoms in total. The highest BCUT2D eigenvalue weighted by Crippen LogP contribution is 2.19. The largest absolute Gasteiger partial charge is 1.00 e. The number of halogens is 2. The van der Waals surface area contributed by atoms with E-state index >= 15 is 0 Å². The summed E-state index contributed by atoms with van der Waals surface area (Å²) >= 11 is 0. The predicted octanol–water partition coefficient (Wildman–Crippen LogP) is -0.243. The molecule has 1 saturated heterocycles. The molecule has 3 aromatic rings. The molecule has 0 atom stereocenters. The van der Waals surface area contributed by atoms with Crippen molar-refractivity contribution < 1.29 is 21.4 Å². The smallest absolute Gasteiger partial charge is 0.286 e. The minimum Gasteiger partial charge on any atom is -1.00 e. The molecule has 1 fully saturated rings. The van der Waals surface area contributed by atoms with Crippen LogP contribution in [0.5, 0.6) is 0 Å². The predicted molar refractivity (Wildman–Crippen MR) is 114 cm³/mol. The number of aryl methyl sites for hydroxylation is 1. The van der Waals surface area contributed by atoms with Crippen LogP contribution < -0.4 is 27.1 Å². The second kappa shape index (κ2) is 9.84. The highest BCUT2D eigenvalue weighted by molar-refractivity contribution is 8.93. The number of rotatable bonds is 3. The van der Waals surface area contributed by atoms with E-state index in [4.69, 9.17) is 5.73 Å². The molecular formula is C20H24Br2N6. The lowest BCUT2D eigenvalue weighted by Gasteiger charge is -2.13. The molecule has 2 aromatic heterocycles. The fourth-order valence-corrected chi connectivity index (χ4v) is 3.35. The summed E-state index contributed by atoms with van der Waals surface area (Å²) in [6.07, 6.45) is 8.28. The van der Waals surface area contributed by atoms with Crippen LogP contribution in [0.2, 0.25) is 0 Å². The highest BCUT2D eigenvalue weighted by Gasteiger charge is 2.15. The Morgan fingerprint density at radius 1 is 1.11 bits per heavy atom. The van der Waals surface area contributed by atoms with Gasteiger partial charge in [0.25, 0.3) is 5.65 Å². The van der Waals surface area contributed by atoms with Gasteiger partial charge in [0.1, 0.15) is 6.20 Å². The summed E-state index contributed by atoms with van der Waals surface area (Å²) in [7, 11) is 2.08. The van der Waals surface area contributed by atoms with Gasteiger partial charge in [0.05, 0.1) is 19.5 Å². The van der Waals surface area contributed by atoms with Crippen LogP contribution >= 0.6 is 17.0 Å². The van der Waals surface area contributed by atoms with Gasteiger partial charge in [-0.15, -0.1) is 22.1 Å². The summed E-state index contributed by atoms with van der Waals surface area (Å²) in [4.78, 5) is 2.07. The quantitative estimate of drug-likeness (QED) is 0.230. The summed E-state index contributed by atoms with van der Waals surface area (Å²) in [5, 5.41) is 8.24. The number of hydrogen-bond acceptors (Lipinski definition) is 2. The Balaban J connectivity index is 0.00000140. The van der Waals surface area contributed by atoms with Gasteiger partial charge < -0.3 is 27.6 Å². The van der Waals surface area contributed by atoms with Crippen LogP contribution in [0.25, 0.3) is 16.9 Å². The number of nitrogens with zero attached hydrogens (tertiary/aromatic N) is 5. The van der Waals surface area contributed by atoms with Gasteiger partial charge in [-0.1, -0.05) is 18.2 Å². The molecule has 0 aliphatic carbocycles. The number of likely N-dealkylation sites (tertiary alicyclic amines) is 1. The van der Waals surface area contributed by atoms with Crippen molar-refractivity contribution in [3.63, 3.8) is 0 Å². The van der Waals surface area contributed by atoms with Crippen molar-refractivity contribution in [2.45, 2.75) is 12.8 Å². The first-order valence-corrected chi connectivity index (χ1v) is 8.90. The zero-order valence-electron chi connectivity index (χ0n) is 15.7. The third kappa shape index (κ3) is 4.62. The van der Waals surface area contributed by atoms with Crippen molar-refractivity contribution in [2.24, 2.45) is 23.0 Å². The Labute approximate surface area is 185 Å². The first-order valence-electron chi connectivity index (χ1n) is 8.90. The Hall–Kier alpha value is -2.19. The van der Waals surface area contributed by atoms with E-state index in [0.717, 1.165) is 35.6 Å². The van der Waals surface area contributed by atoms with Crippen LogP contribution in [0.3, 0.4) is 0 Å². The van der Waals surface area contributed by atoms with Gasteiger partial charge in [0.15, 0.2) is 5.69 Å². The third-order valence-electron chi connectivity index (χ3n) is 4.84. The second-order valence-electron chi connectivity index (χ2n) is 6.56. The molecule has 0 unspecified atom stereocenters. The number of guanidine groups is 1. The zero-order valence-corrected chi connectivity index (χ0v) is 19.0. The van der Waals surface area contributed by atoms with Crippen LogP contribution in [0.1, 0.15) is 18.4 Å². The molecule has 0 amide bonds. The minimum atomic E-state index is 0. The number of hydrogen-bond donors (Lipinski definition) is 1. The van der Waals surface area contributed by atoms with E-state index < -0.39 is 0 Å². The molecule has 3 heterocycles. The van der Waals surface area contributed by atoms with Crippen LogP contribution in [0.15, 0.2) is 65.1 Å². The van der Waals surface area contributed by atoms with Crippen molar-refractivity contribution in [3.05, 3.63) is 60.4 Å². The molecule has 0 saturated carbocycles. The third-order valence-corrected chi connectivity index (χ3v) is 4.84. The molecular weight excluding hydrogens is 484 g/mol. The van der Waals surface area contributed by atoms with E-state index in [0.29, 0.717) is 5.96 Å². The molecule has 4 rings (SSSR count). The van der Waals surface area contributed by atoms with E-state index in [1.165, 1.54) is 12.8 Å². The molecule has 0 spiro atoms. The van der Waals surface area contributed by atoms with Gasteiger partial charge in [-0.25, -0.2) is 8.97 Å². The Bertz CT molecular complexity index is 972. The molecule has 0 bridgehead atoms. The topological polar surface area (TPSA) is 63.0 Å². The zero-order chi connectivity index (χ0) is 17.9. The minimum absolute atomic E-state index is 0. The molecule has 148 valence electrons. The van der Waals surface area contributed by atoms with Gasteiger partial charge in [-0.2, -0.15) is 5.10 Å². The van der Waals surface area contributed by atoms with Gasteiger partial charge >= 0.3 is 0 Å². The number of benzene rings is 1. The molecule has 1 aliphatic rings. The maximum Gasteiger partial charge on any atom is 0.286 e. The molecule has 1 aromatic carbocycles. The Kier molecular flexibility index (Phi) is 7.77. The maximum atomic E-state index is 5.95. The van der Waals surface area contributed by atoms with Crippen molar-refractivity contribution >= 4 is 34.8 Å². The van der Waals surface area contributed by atoms with Crippen molar-refractivity contribution in [1.82, 2.24) is 9.47 Å². The molecule has 0 radical (unpaired) electrons. The van der Waals surface area contributed by atoms with Gasteiger partial charge in [0, 0.05) is 24.7 Å². The number of pyridine rings is 1.